The number of hydrogen-bond acceptors (Lipinski definition) is 1. The van der Waals surface area contributed by atoms with Crippen molar-refractivity contribution in [3.8, 4) is 0 Å². The predicted octanol–water partition coefficient (Wildman–Crippen LogP) is 1.67. The van der Waals surface area contributed by atoms with Crippen LogP contribution in [0.25, 0.3) is 0 Å². The molecule has 0 amide bonds. The summed E-state index contributed by atoms with van der Waals surface area (Å²) in [5, 5.41) is 0. The fourth-order valence-electron chi connectivity index (χ4n) is 0.612. The van der Waals surface area contributed by atoms with Crippen LogP contribution in [0.15, 0.2) is 0 Å². The van der Waals surface area contributed by atoms with Crippen LogP contribution < -0.4 is 0 Å². The lowest BCUT2D eigenvalue weighted by atomic mass is 10.2. The van der Waals surface area contributed by atoms with Gasteiger partial charge in [0.2, 0.25) is 0 Å². The van der Waals surface area contributed by atoms with Crippen LogP contribution in [-0.2, 0) is 4.65 Å². The van der Waals surface area contributed by atoms with E-state index in [0.29, 0.717) is 6.61 Å². The van der Waals surface area contributed by atoms with Gasteiger partial charge in [-0.2, -0.15) is 0 Å². The molecule has 8 heavy (non-hydrogen) atoms. The van der Waals surface area contributed by atoms with Crippen molar-refractivity contribution in [2.24, 2.45) is 0 Å². The normalized spacial score (nSPS) is 9.62. The summed E-state index contributed by atoms with van der Waals surface area (Å²) in [7, 11) is 4.81. The monoisotopic (exact) mass is 112 g/mol. The van der Waals surface area contributed by atoms with E-state index in [9.17, 15) is 0 Å². The molecule has 2 heteroatoms. The average Bonchev–Trinajstić information content (AvgIpc) is 1.81. The predicted molar refractivity (Wildman–Crippen MR) is 35.8 cm³/mol. The molecule has 0 aliphatic carbocycles. The number of rotatable bonds is 5. The topological polar surface area (TPSA) is 9.23 Å². The Morgan fingerprint density at radius 3 is 2.50 bits per heavy atom. The highest BCUT2D eigenvalue weighted by Gasteiger charge is 1.83. The van der Waals surface area contributed by atoms with Crippen LogP contribution in [0.1, 0.15) is 32.6 Å². The van der Waals surface area contributed by atoms with E-state index in [-0.39, 0.29) is 0 Å². The molecule has 0 saturated heterocycles. The molecule has 0 saturated carbocycles. The summed E-state index contributed by atoms with van der Waals surface area (Å²) < 4.78 is 4.39. The van der Waals surface area contributed by atoms with Crippen LogP contribution in [0.4, 0.5) is 0 Å². The summed E-state index contributed by atoms with van der Waals surface area (Å²) in [6.07, 6.45) is 4.91. The Balaban J connectivity index is 2.53. The van der Waals surface area contributed by atoms with Crippen LogP contribution in [-0.4, -0.2) is 14.7 Å². The quantitative estimate of drug-likeness (QED) is 0.388. The highest BCUT2D eigenvalue weighted by molar-refractivity contribution is 5.97. The van der Waals surface area contributed by atoms with Crippen molar-refractivity contribution in [3.05, 3.63) is 0 Å². The Bertz CT molecular complexity index is 33.5. The van der Waals surface area contributed by atoms with Crippen LogP contribution in [0.5, 0.6) is 0 Å². The third-order valence-electron chi connectivity index (χ3n) is 1.12. The third kappa shape index (κ3) is 6.02. The Morgan fingerprint density at radius 1 is 1.25 bits per heavy atom. The fourth-order valence-corrected chi connectivity index (χ4v) is 0.612. The van der Waals surface area contributed by atoms with E-state index in [1.165, 1.54) is 19.3 Å². The minimum atomic E-state index is 0.708. The minimum absolute atomic E-state index is 0.708. The first kappa shape index (κ1) is 8.02. The number of hydrogen-bond donors (Lipinski definition) is 0. The first-order valence-corrected chi connectivity index (χ1v) is 3.23. The molecule has 0 aromatic heterocycles. The summed E-state index contributed by atoms with van der Waals surface area (Å²) >= 11 is 0. The third-order valence-corrected chi connectivity index (χ3v) is 1.12. The summed E-state index contributed by atoms with van der Waals surface area (Å²) in [6.45, 7) is 2.89. The summed E-state index contributed by atoms with van der Waals surface area (Å²) in [5.74, 6) is 0. The first-order valence-electron chi connectivity index (χ1n) is 3.23. The van der Waals surface area contributed by atoms with E-state index in [0.717, 1.165) is 6.42 Å². The SMILES string of the molecule is [B]OCCCCCC. The van der Waals surface area contributed by atoms with E-state index in [2.05, 4.69) is 11.6 Å². The minimum Gasteiger partial charge on any atom is -0.448 e. The molecule has 0 aliphatic rings. The molecule has 0 aromatic rings. The van der Waals surface area contributed by atoms with E-state index in [1.807, 2.05) is 0 Å². The molecule has 0 fully saturated rings. The van der Waals surface area contributed by atoms with Gasteiger partial charge in [0.25, 0.3) is 8.05 Å². The van der Waals surface area contributed by atoms with Gasteiger partial charge in [0.15, 0.2) is 0 Å². The smallest absolute Gasteiger partial charge is 0.282 e. The maximum Gasteiger partial charge on any atom is 0.282 e. The zero-order chi connectivity index (χ0) is 6.24. The zero-order valence-electron chi connectivity index (χ0n) is 5.52. The molecule has 0 spiro atoms. The van der Waals surface area contributed by atoms with Gasteiger partial charge in [0.1, 0.15) is 0 Å². The standard InChI is InChI=1S/C6H13BO/c1-2-3-4-5-6-8-7/h2-6H2,1H3. The van der Waals surface area contributed by atoms with E-state index >= 15 is 0 Å². The molecule has 0 bridgehead atoms. The maximum absolute atomic E-state index is 4.81. The molecule has 0 unspecified atom stereocenters. The molecule has 0 atom stereocenters. The molecule has 2 radical (unpaired) electrons. The van der Waals surface area contributed by atoms with Gasteiger partial charge in [0, 0.05) is 6.61 Å². The molecule has 0 heterocycles. The van der Waals surface area contributed by atoms with Crippen molar-refractivity contribution in [2.75, 3.05) is 6.61 Å². The van der Waals surface area contributed by atoms with Gasteiger partial charge in [0.05, 0.1) is 0 Å². The van der Waals surface area contributed by atoms with E-state index < -0.39 is 0 Å². The Kier molecular flexibility index (Phi) is 7.05. The maximum atomic E-state index is 4.81. The highest BCUT2D eigenvalue weighted by atomic mass is 16.4. The van der Waals surface area contributed by atoms with Gasteiger partial charge >= 0.3 is 0 Å². The van der Waals surface area contributed by atoms with Crippen LogP contribution in [0.2, 0.25) is 0 Å². The summed E-state index contributed by atoms with van der Waals surface area (Å²) in [6, 6.07) is 0. The van der Waals surface area contributed by atoms with Crippen molar-refractivity contribution in [3.63, 3.8) is 0 Å². The van der Waals surface area contributed by atoms with E-state index in [1.54, 1.807) is 0 Å². The molecule has 46 valence electrons. The lowest BCUT2D eigenvalue weighted by molar-refractivity contribution is 0.334. The lowest BCUT2D eigenvalue weighted by Crippen LogP contribution is -1.88. The van der Waals surface area contributed by atoms with Crippen LogP contribution >= 0.6 is 0 Å². The first-order chi connectivity index (χ1) is 3.91. The van der Waals surface area contributed by atoms with Crippen molar-refractivity contribution in [2.45, 2.75) is 32.6 Å². The van der Waals surface area contributed by atoms with Crippen molar-refractivity contribution in [1.82, 2.24) is 0 Å². The van der Waals surface area contributed by atoms with Crippen LogP contribution in [0.3, 0.4) is 0 Å². The fraction of sp³-hybridized carbons (Fsp3) is 1.00. The largest absolute Gasteiger partial charge is 0.448 e. The molecule has 0 aliphatic heterocycles. The second kappa shape index (κ2) is 7.02. The lowest BCUT2D eigenvalue weighted by Gasteiger charge is -1.95. The van der Waals surface area contributed by atoms with Gasteiger partial charge in [-0.05, 0) is 6.42 Å². The van der Waals surface area contributed by atoms with Gasteiger partial charge in [-0.1, -0.05) is 26.2 Å². The average molecular weight is 112 g/mol. The van der Waals surface area contributed by atoms with Gasteiger partial charge in [-0.25, -0.2) is 0 Å². The zero-order valence-corrected chi connectivity index (χ0v) is 5.52. The summed E-state index contributed by atoms with van der Waals surface area (Å²) in [5.41, 5.74) is 0. The van der Waals surface area contributed by atoms with Crippen molar-refractivity contribution < 1.29 is 4.65 Å². The van der Waals surface area contributed by atoms with Crippen LogP contribution in [0, 0.1) is 0 Å². The Labute approximate surface area is 52.9 Å². The Morgan fingerprint density at radius 2 is 2.00 bits per heavy atom. The van der Waals surface area contributed by atoms with Gasteiger partial charge in [-0.3, -0.25) is 0 Å². The number of unbranched alkanes of at least 4 members (excludes halogenated alkanes) is 3. The highest BCUT2D eigenvalue weighted by Crippen LogP contribution is 1.97. The van der Waals surface area contributed by atoms with Gasteiger partial charge in [-0.15, -0.1) is 0 Å². The van der Waals surface area contributed by atoms with E-state index in [4.69, 9.17) is 8.05 Å². The molecule has 0 aromatic carbocycles. The molecule has 0 N–H and O–H groups in total. The van der Waals surface area contributed by atoms with Crippen molar-refractivity contribution in [1.29, 1.82) is 0 Å². The molecule has 0 rings (SSSR count). The van der Waals surface area contributed by atoms with Gasteiger partial charge < -0.3 is 4.65 Å². The molecular formula is C6H13BO. The molecule has 1 nitrogen and oxygen atoms in total. The van der Waals surface area contributed by atoms with Crippen molar-refractivity contribution >= 4 is 8.05 Å². The second-order valence-corrected chi connectivity index (χ2v) is 1.93. The second-order valence-electron chi connectivity index (χ2n) is 1.93. The molecular weight excluding hydrogens is 98.9 g/mol. The Hall–Kier alpha value is 0.0249. The summed E-state index contributed by atoms with van der Waals surface area (Å²) in [4.78, 5) is 0.